The molecule has 0 bridgehead atoms. The minimum absolute atomic E-state index is 0.718. The molecule has 1 N–H and O–H groups in total. The van der Waals surface area contributed by atoms with E-state index in [1.807, 2.05) is 0 Å². The summed E-state index contributed by atoms with van der Waals surface area (Å²) < 4.78 is 5.42. The molecule has 0 amide bonds. The number of likely N-dealkylation sites (N-methyl/N-ethyl adjacent to an activating group) is 1. The zero-order valence-corrected chi connectivity index (χ0v) is 12.0. The zero-order valence-electron chi connectivity index (χ0n) is 12.0. The van der Waals surface area contributed by atoms with Crippen LogP contribution in [-0.2, 0) is 4.74 Å². The van der Waals surface area contributed by atoms with E-state index in [0.29, 0.717) is 0 Å². The number of nitrogens with one attached hydrogen (secondary N) is 1. The van der Waals surface area contributed by atoms with E-state index in [-0.39, 0.29) is 0 Å². The van der Waals surface area contributed by atoms with E-state index in [1.54, 1.807) is 0 Å². The van der Waals surface area contributed by atoms with Crippen molar-refractivity contribution < 1.29 is 4.74 Å². The van der Waals surface area contributed by atoms with Gasteiger partial charge in [-0.15, -0.1) is 0 Å². The van der Waals surface area contributed by atoms with Gasteiger partial charge in [0.1, 0.15) is 0 Å². The van der Waals surface area contributed by atoms with Gasteiger partial charge in [0.25, 0.3) is 0 Å². The molecule has 106 valence electrons. The second-order valence-electron chi connectivity index (χ2n) is 5.95. The van der Waals surface area contributed by atoms with E-state index in [2.05, 4.69) is 29.2 Å². The summed E-state index contributed by atoms with van der Waals surface area (Å²) in [5.41, 5.74) is 0. The molecule has 2 fully saturated rings. The predicted octanol–water partition coefficient (Wildman–Crippen LogP) is 0.639. The van der Waals surface area contributed by atoms with Crippen molar-refractivity contribution in [1.82, 2.24) is 15.1 Å². The molecular formula is C14H29N3O. The number of hydrogen-bond donors (Lipinski definition) is 1. The minimum atomic E-state index is 0.718. The lowest BCUT2D eigenvalue weighted by Crippen LogP contribution is -2.50. The summed E-state index contributed by atoms with van der Waals surface area (Å²) in [5.74, 6) is 0.853. The third-order valence-electron chi connectivity index (χ3n) is 4.40. The Labute approximate surface area is 112 Å². The van der Waals surface area contributed by atoms with Gasteiger partial charge in [0.15, 0.2) is 0 Å². The Kier molecular flexibility index (Phi) is 5.89. The molecular weight excluding hydrogens is 226 g/mol. The highest BCUT2D eigenvalue weighted by Gasteiger charge is 2.20. The molecule has 2 heterocycles. The highest BCUT2D eigenvalue weighted by atomic mass is 16.5. The van der Waals surface area contributed by atoms with Crippen LogP contribution in [0.2, 0.25) is 0 Å². The third kappa shape index (κ3) is 4.50. The van der Waals surface area contributed by atoms with Gasteiger partial charge in [-0.3, -0.25) is 0 Å². The van der Waals surface area contributed by atoms with Crippen molar-refractivity contribution in [3.8, 4) is 0 Å². The second-order valence-corrected chi connectivity index (χ2v) is 5.95. The van der Waals surface area contributed by atoms with Gasteiger partial charge in [0.05, 0.1) is 0 Å². The lowest BCUT2D eigenvalue weighted by molar-refractivity contribution is 0.0544. The van der Waals surface area contributed by atoms with E-state index in [0.717, 1.165) is 38.3 Å². The lowest BCUT2D eigenvalue weighted by Gasteiger charge is -2.34. The molecule has 0 saturated carbocycles. The van der Waals surface area contributed by atoms with E-state index >= 15 is 0 Å². The highest BCUT2D eigenvalue weighted by molar-refractivity contribution is 4.78. The van der Waals surface area contributed by atoms with Crippen molar-refractivity contribution in [2.75, 3.05) is 60.0 Å². The van der Waals surface area contributed by atoms with Gasteiger partial charge < -0.3 is 19.9 Å². The van der Waals surface area contributed by atoms with Crippen LogP contribution >= 0.6 is 0 Å². The molecule has 0 aromatic heterocycles. The van der Waals surface area contributed by atoms with Crippen LogP contribution in [0.1, 0.15) is 19.3 Å². The van der Waals surface area contributed by atoms with Gasteiger partial charge in [-0.2, -0.15) is 0 Å². The fourth-order valence-electron chi connectivity index (χ4n) is 3.02. The quantitative estimate of drug-likeness (QED) is 0.780. The molecule has 0 aliphatic carbocycles. The van der Waals surface area contributed by atoms with Crippen LogP contribution in [0.5, 0.6) is 0 Å². The summed E-state index contributed by atoms with van der Waals surface area (Å²) in [6.07, 6.45) is 3.77. The van der Waals surface area contributed by atoms with Gasteiger partial charge >= 0.3 is 0 Å². The smallest absolute Gasteiger partial charge is 0.0469 e. The number of ether oxygens (including phenoxy) is 1. The average molecular weight is 255 g/mol. The van der Waals surface area contributed by atoms with E-state index in [1.165, 1.54) is 38.9 Å². The maximum atomic E-state index is 5.42. The molecule has 0 spiro atoms. The Morgan fingerprint density at radius 1 is 1.33 bits per heavy atom. The van der Waals surface area contributed by atoms with Gasteiger partial charge in [-0.05, 0) is 45.8 Å². The van der Waals surface area contributed by atoms with E-state index in [4.69, 9.17) is 4.74 Å². The molecule has 1 atom stereocenters. The molecule has 2 saturated heterocycles. The number of piperazine rings is 1. The maximum absolute atomic E-state index is 5.42. The summed E-state index contributed by atoms with van der Waals surface area (Å²) >= 11 is 0. The van der Waals surface area contributed by atoms with Crippen LogP contribution in [-0.4, -0.2) is 75.9 Å². The highest BCUT2D eigenvalue weighted by Crippen LogP contribution is 2.16. The fraction of sp³-hybridized carbons (Fsp3) is 1.00. The van der Waals surface area contributed by atoms with Crippen LogP contribution in [0.15, 0.2) is 0 Å². The van der Waals surface area contributed by atoms with Crippen LogP contribution < -0.4 is 5.32 Å². The van der Waals surface area contributed by atoms with Crippen molar-refractivity contribution >= 4 is 0 Å². The molecule has 4 heteroatoms. The Morgan fingerprint density at radius 3 is 2.83 bits per heavy atom. The van der Waals surface area contributed by atoms with Crippen molar-refractivity contribution in [3.63, 3.8) is 0 Å². The van der Waals surface area contributed by atoms with Crippen LogP contribution in [0.4, 0.5) is 0 Å². The maximum Gasteiger partial charge on any atom is 0.0469 e. The number of rotatable bonds is 5. The second kappa shape index (κ2) is 7.43. The molecule has 1 unspecified atom stereocenters. The number of hydrogen-bond acceptors (Lipinski definition) is 4. The topological polar surface area (TPSA) is 27.7 Å². The van der Waals surface area contributed by atoms with Gasteiger partial charge in [0.2, 0.25) is 0 Å². The lowest BCUT2D eigenvalue weighted by atomic mass is 9.99. The molecule has 0 radical (unpaired) electrons. The molecule has 18 heavy (non-hydrogen) atoms. The summed E-state index contributed by atoms with van der Waals surface area (Å²) in [5, 5.41) is 3.49. The molecule has 2 rings (SSSR count). The van der Waals surface area contributed by atoms with Gasteiger partial charge in [-0.1, -0.05) is 0 Å². The van der Waals surface area contributed by atoms with Crippen LogP contribution in [0.25, 0.3) is 0 Å². The number of nitrogens with zero attached hydrogens (tertiary/aromatic N) is 2. The Hall–Kier alpha value is -0.160. The fourth-order valence-corrected chi connectivity index (χ4v) is 3.02. The van der Waals surface area contributed by atoms with Gasteiger partial charge in [0, 0.05) is 45.4 Å². The largest absolute Gasteiger partial charge is 0.381 e. The predicted molar refractivity (Wildman–Crippen MR) is 74.9 cm³/mol. The SMILES string of the molecule is CN(CCC1CNCCN1C)CC1CCOCC1. The molecule has 2 aliphatic rings. The first-order chi connectivity index (χ1) is 8.75. The Morgan fingerprint density at radius 2 is 2.11 bits per heavy atom. The first-order valence-corrected chi connectivity index (χ1v) is 7.43. The monoisotopic (exact) mass is 255 g/mol. The molecule has 0 aromatic rings. The average Bonchev–Trinajstić information content (AvgIpc) is 2.39. The zero-order chi connectivity index (χ0) is 12.8. The third-order valence-corrected chi connectivity index (χ3v) is 4.40. The normalized spacial score (nSPS) is 27.8. The van der Waals surface area contributed by atoms with Crippen molar-refractivity contribution in [1.29, 1.82) is 0 Å². The van der Waals surface area contributed by atoms with Crippen LogP contribution in [0.3, 0.4) is 0 Å². The van der Waals surface area contributed by atoms with Crippen molar-refractivity contribution in [2.24, 2.45) is 5.92 Å². The van der Waals surface area contributed by atoms with Crippen molar-refractivity contribution in [3.05, 3.63) is 0 Å². The van der Waals surface area contributed by atoms with Gasteiger partial charge in [-0.25, -0.2) is 0 Å². The molecule has 2 aliphatic heterocycles. The molecule has 0 aromatic carbocycles. The first kappa shape index (κ1) is 14.3. The Balaban J connectivity index is 1.62. The summed E-state index contributed by atoms with van der Waals surface area (Å²) in [6.45, 7) is 7.88. The summed E-state index contributed by atoms with van der Waals surface area (Å²) in [6, 6.07) is 0.718. The standard InChI is InChI=1S/C14H29N3O/c1-16(12-13-4-9-18-10-5-13)7-3-14-11-15-6-8-17(14)2/h13-15H,3-12H2,1-2H3. The first-order valence-electron chi connectivity index (χ1n) is 7.43. The summed E-state index contributed by atoms with van der Waals surface area (Å²) in [4.78, 5) is 5.01. The molecule has 4 nitrogen and oxygen atoms in total. The van der Waals surface area contributed by atoms with Crippen LogP contribution in [0, 0.1) is 5.92 Å². The van der Waals surface area contributed by atoms with E-state index < -0.39 is 0 Å². The van der Waals surface area contributed by atoms with Crippen molar-refractivity contribution in [2.45, 2.75) is 25.3 Å². The minimum Gasteiger partial charge on any atom is -0.381 e. The summed E-state index contributed by atoms with van der Waals surface area (Å²) in [7, 11) is 4.52. The Bertz CT molecular complexity index is 231. The van der Waals surface area contributed by atoms with E-state index in [9.17, 15) is 0 Å².